The zero-order valence-corrected chi connectivity index (χ0v) is 12.2. The second-order valence-corrected chi connectivity index (χ2v) is 5.74. The van der Waals surface area contributed by atoms with Gasteiger partial charge in [0.05, 0.1) is 12.7 Å². The number of aromatic nitrogens is 2. The average Bonchev–Trinajstić information content (AvgIpc) is 2.85. The molecule has 0 radical (unpaired) electrons. The van der Waals surface area contributed by atoms with Gasteiger partial charge in [-0.15, -0.1) is 0 Å². The van der Waals surface area contributed by atoms with Crippen LogP contribution >= 0.6 is 0 Å². The van der Waals surface area contributed by atoms with Crippen LogP contribution in [-0.4, -0.2) is 27.3 Å². The lowest BCUT2D eigenvalue weighted by atomic mass is 9.96. The quantitative estimate of drug-likeness (QED) is 0.804. The van der Waals surface area contributed by atoms with Gasteiger partial charge in [-0.05, 0) is 32.6 Å². The number of hydrogen-bond donors (Lipinski definition) is 2. The molecule has 0 spiro atoms. The summed E-state index contributed by atoms with van der Waals surface area (Å²) in [5.41, 5.74) is 0.831. The van der Waals surface area contributed by atoms with Crippen LogP contribution < -0.4 is 5.32 Å². The van der Waals surface area contributed by atoms with Crippen LogP contribution in [0.1, 0.15) is 44.6 Å². The summed E-state index contributed by atoms with van der Waals surface area (Å²) in [5.74, 6) is -0.0256. The molecule has 0 fully saturated rings. The third kappa shape index (κ3) is 3.93. The van der Waals surface area contributed by atoms with Crippen LogP contribution in [0.5, 0.6) is 0 Å². The minimum atomic E-state index is -1.09. The third-order valence-electron chi connectivity index (χ3n) is 3.73. The van der Waals surface area contributed by atoms with Crippen molar-refractivity contribution < 1.29 is 9.90 Å². The Hall–Kier alpha value is -1.62. The zero-order chi connectivity index (χ0) is 14.6. The van der Waals surface area contributed by atoms with E-state index in [4.69, 9.17) is 0 Å². The second-order valence-electron chi connectivity index (χ2n) is 5.74. The highest BCUT2D eigenvalue weighted by Crippen LogP contribution is 2.21. The molecule has 0 saturated heterocycles. The van der Waals surface area contributed by atoms with Gasteiger partial charge in [0.25, 0.3) is 0 Å². The maximum atomic E-state index is 11.9. The monoisotopic (exact) mass is 277 g/mol. The molecule has 0 saturated carbocycles. The van der Waals surface area contributed by atoms with Crippen molar-refractivity contribution in [2.75, 3.05) is 6.54 Å². The van der Waals surface area contributed by atoms with E-state index in [1.807, 2.05) is 0 Å². The average molecular weight is 277 g/mol. The van der Waals surface area contributed by atoms with E-state index in [2.05, 4.69) is 16.5 Å². The van der Waals surface area contributed by atoms with Crippen molar-refractivity contribution in [3.8, 4) is 0 Å². The number of amides is 1. The van der Waals surface area contributed by atoms with E-state index >= 15 is 0 Å². The van der Waals surface area contributed by atoms with Crippen molar-refractivity contribution in [3.63, 3.8) is 0 Å². The summed E-state index contributed by atoms with van der Waals surface area (Å²) in [5, 5.41) is 17.2. The van der Waals surface area contributed by atoms with Gasteiger partial charge in [0.2, 0.25) is 5.91 Å². The first kappa shape index (κ1) is 14.8. The van der Waals surface area contributed by atoms with Crippen LogP contribution in [0.25, 0.3) is 0 Å². The van der Waals surface area contributed by atoms with Crippen LogP contribution in [0.15, 0.2) is 24.0 Å². The fraction of sp³-hybridized carbons (Fsp3) is 0.600. The van der Waals surface area contributed by atoms with Crippen molar-refractivity contribution >= 4 is 5.91 Å². The topological polar surface area (TPSA) is 67.2 Å². The van der Waals surface area contributed by atoms with Gasteiger partial charge in [-0.25, -0.2) is 0 Å². The molecule has 2 N–H and O–H groups in total. The summed E-state index contributed by atoms with van der Waals surface area (Å²) in [6, 6.07) is 0. The highest BCUT2D eigenvalue weighted by Gasteiger charge is 2.25. The van der Waals surface area contributed by atoms with E-state index in [1.54, 1.807) is 31.0 Å². The number of rotatable bonds is 5. The molecule has 1 atom stereocenters. The zero-order valence-electron chi connectivity index (χ0n) is 12.2. The predicted molar refractivity (Wildman–Crippen MR) is 77.0 cm³/mol. The van der Waals surface area contributed by atoms with Gasteiger partial charge in [-0.2, -0.15) is 5.10 Å². The number of aryl methyl sites for hydroxylation is 1. The number of nitrogens with one attached hydrogen (secondary N) is 1. The minimum Gasteiger partial charge on any atom is -0.383 e. The van der Waals surface area contributed by atoms with Gasteiger partial charge in [0.1, 0.15) is 5.60 Å². The summed E-state index contributed by atoms with van der Waals surface area (Å²) < 4.78 is 1.64. The Kier molecular flexibility index (Phi) is 4.60. The van der Waals surface area contributed by atoms with Gasteiger partial charge in [0.15, 0.2) is 0 Å². The molecule has 2 rings (SSSR count). The smallest absolute Gasteiger partial charge is 0.224 e. The van der Waals surface area contributed by atoms with Gasteiger partial charge >= 0.3 is 0 Å². The van der Waals surface area contributed by atoms with Crippen LogP contribution in [-0.2, 0) is 17.4 Å². The Morgan fingerprint density at radius 2 is 2.35 bits per heavy atom. The molecular weight excluding hydrogens is 254 g/mol. The van der Waals surface area contributed by atoms with Crippen molar-refractivity contribution in [1.82, 2.24) is 15.1 Å². The van der Waals surface area contributed by atoms with Gasteiger partial charge < -0.3 is 10.4 Å². The first-order valence-corrected chi connectivity index (χ1v) is 7.13. The molecule has 1 heterocycles. The summed E-state index contributed by atoms with van der Waals surface area (Å²) in [4.78, 5) is 11.9. The fourth-order valence-corrected chi connectivity index (χ4v) is 2.41. The number of carbonyl (C=O) groups is 1. The van der Waals surface area contributed by atoms with Crippen molar-refractivity contribution in [3.05, 3.63) is 29.6 Å². The molecule has 0 aromatic carbocycles. The summed E-state index contributed by atoms with van der Waals surface area (Å²) in [7, 11) is 1.80. The molecular formula is C15H23N3O2. The number of hydrogen-bond acceptors (Lipinski definition) is 3. The third-order valence-corrected chi connectivity index (χ3v) is 3.73. The maximum Gasteiger partial charge on any atom is 0.224 e. The SMILES string of the molecule is Cn1cc(C(C)(O)CNC(=O)CC2=CCCCC2)cn1. The molecule has 1 aliphatic carbocycles. The molecule has 1 aliphatic rings. The highest BCUT2D eigenvalue weighted by molar-refractivity contribution is 5.78. The van der Waals surface area contributed by atoms with E-state index in [0.29, 0.717) is 12.0 Å². The first-order chi connectivity index (χ1) is 9.47. The van der Waals surface area contributed by atoms with E-state index in [9.17, 15) is 9.90 Å². The van der Waals surface area contributed by atoms with Crippen LogP contribution in [0.4, 0.5) is 0 Å². The normalized spacial score (nSPS) is 18.2. The predicted octanol–water partition coefficient (Wildman–Crippen LogP) is 1.63. The maximum absolute atomic E-state index is 11.9. The molecule has 1 unspecified atom stereocenters. The van der Waals surface area contributed by atoms with Crippen molar-refractivity contribution in [1.29, 1.82) is 0 Å². The minimum absolute atomic E-state index is 0.0256. The van der Waals surface area contributed by atoms with Gasteiger partial charge in [-0.3, -0.25) is 9.48 Å². The van der Waals surface area contributed by atoms with E-state index in [1.165, 1.54) is 18.4 Å². The second kappa shape index (κ2) is 6.22. The standard InChI is InChI=1S/C15H23N3O2/c1-15(20,13-9-17-18(2)10-13)11-16-14(19)8-12-6-4-3-5-7-12/h6,9-10,20H,3-5,7-8,11H2,1-2H3,(H,16,19). The molecule has 20 heavy (non-hydrogen) atoms. The Balaban J connectivity index is 1.84. The van der Waals surface area contributed by atoms with Gasteiger partial charge in [0, 0.05) is 25.2 Å². The molecule has 5 heteroatoms. The summed E-state index contributed by atoms with van der Waals surface area (Å²) in [6.45, 7) is 1.88. The summed E-state index contributed by atoms with van der Waals surface area (Å²) in [6.07, 6.45) is 10.5. The lowest BCUT2D eigenvalue weighted by Crippen LogP contribution is -2.38. The highest BCUT2D eigenvalue weighted by atomic mass is 16.3. The number of carbonyl (C=O) groups excluding carboxylic acids is 1. The Labute approximate surface area is 119 Å². The van der Waals surface area contributed by atoms with Gasteiger partial charge in [-0.1, -0.05) is 11.6 Å². The molecule has 1 aromatic heterocycles. The van der Waals surface area contributed by atoms with E-state index in [0.717, 1.165) is 12.8 Å². The Morgan fingerprint density at radius 3 is 2.95 bits per heavy atom. The lowest BCUT2D eigenvalue weighted by molar-refractivity contribution is -0.121. The lowest BCUT2D eigenvalue weighted by Gasteiger charge is -2.22. The largest absolute Gasteiger partial charge is 0.383 e. The van der Waals surface area contributed by atoms with E-state index in [-0.39, 0.29) is 12.5 Å². The molecule has 1 amide bonds. The van der Waals surface area contributed by atoms with E-state index < -0.39 is 5.60 Å². The number of aliphatic hydroxyl groups is 1. The first-order valence-electron chi connectivity index (χ1n) is 7.13. The van der Waals surface area contributed by atoms with Crippen molar-refractivity contribution in [2.45, 2.75) is 44.6 Å². The summed E-state index contributed by atoms with van der Waals surface area (Å²) >= 11 is 0. The fourth-order valence-electron chi connectivity index (χ4n) is 2.41. The molecule has 0 aliphatic heterocycles. The van der Waals surface area contributed by atoms with Crippen molar-refractivity contribution in [2.24, 2.45) is 7.05 Å². The molecule has 1 aromatic rings. The number of nitrogens with zero attached hydrogens (tertiary/aromatic N) is 2. The molecule has 0 bridgehead atoms. The molecule has 5 nitrogen and oxygen atoms in total. The molecule has 110 valence electrons. The Morgan fingerprint density at radius 1 is 1.55 bits per heavy atom. The van der Waals surface area contributed by atoms with Crippen LogP contribution in [0.3, 0.4) is 0 Å². The Bertz CT molecular complexity index is 503. The van der Waals surface area contributed by atoms with Crippen LogP contribution in [0, 0.1) is 0 Å². The van der Waals surface area contributed by atoms with Crippen LogP contribution in [0.2, 0.25) is 0 Å². The number of allylic oxidation sites excluding steroid dienone is 1.